The number of hydrogen-bond donors (Lipinski definition) is 1. The van der Waals surface area contributed by atoms with Gasteiger partial charge in [-0.2, -0.15) is 4.98 Å². The zero-order chi connectivity index (χ0) is 13.0. The average Bonchev–Trinajstić information content (AvgIpc) is 2.43. The number of aryl methyl sites for hydroxylation is 1. The Kier molecular flexibility index (Phi) is 4.39. The lowest BCUT2D eigenvalue weighted by molar-refractivity contribution is 0.416. The summed E-state index contributed by atoms with van der Waals surface area (Å²) in [5.41, 5.74) is 1.17. The van der Waals surface area contributed by atoms with Gasteiger partial charge < -0.3 is 10.2 Å². The number of rotatable bonds is 4. The molecule has 1 N–H and O–H groups in total. The van der Waals surface area contributed by atoms with E-state index in [9.17, 15) is 0 Å². The van der Waals surface area contributed by atoms with Crippen molar-refractivity contribution in [2.45, 2.75) is 52.0 Å². The number of anilines is 2. The third-order valence-electron chi connectivity index (χ3n) is 3.80. The van der Waals surface area contributed by atoms with Crippen LogP contribution in [0.2, 0.25) is 0 Å². The Hall–Kier alpha value is -1.32. The molecule has 18 heavy (non-hydrogen) atoms. The van der Waals surface area contributed by atoms with Gasteiger partial charge in [-0.25, -0.2) is 4.98 Å². The van der Waals surface area contributed by atoms with E-state index in [2.05, 4.69) is 34.0 Å². The van der Waals surface area contributed by atoms with Crippen LogP contribution in [0.25, 0.3) is 0 Å². The van der Waals surface area contributed by atoms with Crippen molar-refractivity contribution in [1.29, 1.82) is 0 Å². The number of nitrogens with zero attached hydrogens (tertiary/aromatic N) is 3. The molecule has 0 aromatic carbocycles. The third-order valence-corrected chi connectivity index (χ3v) is 3.80. The lowest BCUT2D eigenvalue weighted by Gasteiger charge is -2.35. The van der Waals surface area contributed by atoms with Crippen molar-refractivity contribution in [3.63, 3.8) is 0 Å². The molecule has 1 heterocycles. The second kappa shape index (κ2) is 6.03. The van der Waals surface area contributed by atoms with Gasteiger partial charge in [-0.05, 0) is 26.7 Å². The molecule has 0 amide bonds. The van der Waals surface area contributed by atoms with Gasteiger partial charge in [0.1, 0.15) is 5.82 Å². The van der Waals surface area contributed by atoms with Crippen LogP contribution in [0.5, 0.6) is 0 Å². The van der Waals surface area contributed by atoms with Gasteiger partial charge in [-0.15, -0.1) is 0 Å². The highest BCUT2D eigenvalue weighted by Crippen LogP contribution is 2.28. The maximum atomic E-state index is 4.64. The van der Waals surface area contributed by atoms with Gasteiger partial charge in [-0.1, -0.05) is 19.3 Å². The molecular formula is C14H24N4. The van der Waals surface area contributed by atoms with Crippen molar-refractivity contribution in [2.24, 2.45) is 0 Å². The summed E-state index contributed by atoms with van der Waals surface area (Å²) in [5, 5.41) is 3.03. The van der Waals surface area contributed by atoms with E-state index >= 15 is 0 Å². The fraction of sp³-hybridized carbons (Fsp3) is 0.714. The molecule has 4 nitrogen and oxygen atoms in total. The molecule has 1 saturated carbocycles. The summed E-state index contributed by atoms with van der Waals surface area (Å²) in [4.78, 5) is 11.4. The number of nitrogens with one attached hydrogen (secondary N) is 1. The van der Waals surface area contributed by atoms with Crippen LogP contribution in [0.15, 0.2) is 6.20 Å². The summed E-state index contributed by atoms with van der Waals surface area (Å²) < 4.78 is 0. The summed E-state index contributed by atoms with van der Waals surface area (Å²) in [6.07, 6.45) is 8.60. The monoisotopic (exact) mass is 248 g/mol. The zero-order valence-corrected chi connectivity index (χ0v) is 11.7. The predicted molar refractivity (Wildman–Crippen MR) is 76.2 cm³/mol. The first-order valence-corrected chi connectivity index (χ1v) is 7.04. The summed E-state index contributed by atoms with van der Waals surface area (Å²) >= 11 is 0. The van der Waals surface area contributed by atoms with Gasteiger partial charge in [0.05, 0.1) is 0 Å². The Labute approximate surface area is 110 Å². The van der Waals surface area contributed by atoms with Crippen LogP contribution < -0.4 is 10.2 Å². The van der Waals surface area contributed by atoms with E-state index in [1.807, 2.05) is 13.2 Å². The molecule has 4 heteroatoms. The van der Waals surface area contributed by atoms with Gasteiger partial charge in [0.25, 0.3) is 0 Å². The predicted octanol–water partition coefficient (Wildman–Crippen LogP) is 2.99. The molecule has 1 aromatic rings. The lowest BCUT2D eigenvalue weighted by Crippen LogP contribution is -2.37. The molecule has 0 radical (unpaired) electrons. The van der Waals surface area contributed by atoms with E-state index in [-0.39, 0.29) is 0 Å². The third kappa shape index (κ3) is 2.74. The smallest absolute Gasteiger partial charge is 0.224 e. The van der Waals surface area contributed by atoms with Gasteiger partial charge >= 0.3 is 0 Å². The Bertz CT molecular complexity index is 385. The quantitative estimate of drug-likeness (QED) is 0.889. The molecule has 1 aliphatic rings. The number of hydrogen-bond acceptors (Lipinski definition) is 4. The Morgan fingerprint density at radius 2 is 2.06 bits per heavy atom. The summed E-state index contributed by atoms with van der Waals surface area (Å²) in [6, 6.07) is 0.655. The van der Waals surface area contributed by atoms with Crippen LogP contribution in [0, 0.1) is 6.92 Å². The Morgan fingerprint density at radius 1 is 1.33 bits per heavy atom. The molecule has 100 valence electrons. The lowest BCUT2D eigenvalue weighted by atomic mass is 9.94. The maximum absolute atomic E-state index is 4.64. The Balaban J connectivity index is 2.25. The first-order valence-electron chi connectivity index (χ1n) is 7.04. The zero-order valence-electron chi connectivity index (χ0n) is 11.7. The second-order valence-electron chi connectivity index (χ2n) is 5.03. The molecule has 0 atom stereocenters. The molecule has 1 aromatic heterocycles. The fourth-order valence-electron chi connectivity index (χ4n) is 2.82. The Morgan fingerprint density at radius 3 is 2.67 bits per heavy atom. The van der Waals surface area contributed by atoms with Gasteiger partial charge in [0, 0.05) is 31.4 Å². The molecule has 0 bridgehead atoms. The van der Waals surface area contributed by atoms with Crippen LogP contribution in [-0.2, 0) is 0 Å². The van der Waals surface area contributed by atoms with E-state index < -0.39 is 0 Å². The van der Waals surface area contributed by atoms with Gasteiger partial charge in [-0.3, -0.25) is 0 Å². The van der Waals surface area contributed by atoms with E-state index in [0.29, 0.717) is 12.0 Å². The molecule has 2 rings (SSSR count). The SMILES string of the molecule is CCN(c1nc(NC)ncc1C)C1CCCCC1. The summed E-state index contributed by atoms with van der Waals surface area (Å²) in [6.45, 7) is 5.33. The van der Waals surface area contributed by atoms with Crippen molar-refractivity contribution in [2.75, 3.05) is 23.8 Å². The minimum Gasteiger partial charge on any atom is -0.357 e. The fourth-order valence-corrected chi connectivity index (χ4v) is 2.82. The molecule has 1 aliphatic carbocycles. The highest BCUT2D eigenvalue weighted by Gasteiger charge is 2.22. The molecule has 0 saturated heterocycles. The van der Waals surface area contributed by atoms with Crippen molar-refractivity contribution < 1.29 is 0 Å². The highest BCUT2D eigenvalue weighted by atomic mass is 15.2. The normalized spacial score (nSPS) is 16.6. The van der Waals surface area contributed by atoms with Crippen molar-refractivity contribution in [3.05, 3.63) is 11.8 Å². The van der Waals surface area contributed by atoms with E-state index in [1.54, 1.807) is 0 Å². The van der Waals surface area contributed by atoms with Crippen molar-refractivity contribution in [3.8, 4) is 0 Å². The standard InChI is InChI=1S/C14H24N4/c1-4-18(12-8-6-5-7-9-12)13-11(2)10-16-14(15-3)17-13/h10,12H,4-9H2,1-3H3,(H,15,16,17). The molecule has 0 spiro atoms. The molecule has 0 unspecified atom stereocenters. The number of aromatic nitrogens is 2. The summed E-state index contributed by atoms with van der Waals surface area (Å²) in [7, 11) is 1.87. The van der Waals surface area contributed by atoms with Crippen molar-refractivity contribution in [1.82, 2.24) is 9.97 Å². The van der Waals surface area contributed by atoms with Gasteiger partial charge in [0.2, 0.25) is 5.95 Å². The van der Waals surface area contributed by atoms with E-state index in [0.717, 1.165) is 12.4 Å². The molecule has 1 fully saturated rings. The molecule has 0 aliphatic heterocycles. The highest BCUT2D eigenvalue weighted by molar-refractivity contribution is 5.49. The minimum absolute atomic E-state index is 0.655. The second-order valence-corrected chi connectivity index (χ2v) is 5.03. The van der Waals surface area contributed by atoms with Gasteiger partial charge in [0.15, 0.2) is 0 Å². The minimum atomic E-state index is 0.655. The first-order chi connectivity index (χ1) is 8.76. The summed E-state index contributed by atoms with van der Waals surface area (Å²) in [5.74, 6) is 1.81. The van der Waals surface area contributed by atoms with Crippen LogP contribution in [0.3, 0.4) is 0 Å². The van der Waals surface area contributed by atoms with Crippen LogP contribution in [0.4, 0.5) is 11.8 Å². The largest absolute Gasteiger partial charge is 0.357 e. The maximum Gasteiger partial charge on any atom is 0.224 e. The van der Waals surface area contributed by atoms with Crippen molar-refractivity contribution >= 4 is 11.8 Å². The van der Waals surface area contributed by atoms with Crippen LogP contribution in [0.1, 0.15) is 44.6 Å². The topological polar surface area (TPSA) is 41.1 Å². The van der Waals surface area contributed by atoms with Crippen LogP contribution in [-0.4, -0.2) is 29.6 Å². The molecular weight excluding hydrogens is 224 g/mol. The average molecular weight is 248 g/mol. The first kappa shape index (κ1) is 13.1. The van der Waals surface area contributed by atoms with Crippen LogP contribution >= 0.6 is 0 Å². The van der Waals surface area contributed by atoms with E-state index in [4.69, 9.17) is 0 Å². The van der Waals surface area contributed by atoms with E-state index in [1.165, 1.54) is 37.7 Å².